The summed E-state index contributed by atoms with van der Waals surface area (Å²) < 4.78 is 0. The van der Waals surface area contributed by atoms with Crippen LogP contribution in [0.25, 0.3) is 10.9 Å². The van der Waals surface area contributed by atoms with Gasteiger partial charge in [-0.1, -0.05) is 18.2 Å². The molecule has 130 valence electrons. The number of nitrogens with zero attached hydrogens (tertiary/aromatic N) is 1. The lowest BCUT2D eigenvalue weighted by Crippen LogP contribution is -2.50. The molecule has 0 saturated carbocycles. The maximum absolute atomic E-state index is 12.3. The van der Waals surface area contributed by atoms with Gasteiger partial charge in [-0.15, -0.1) is 0 Å². The Morgan fingerprint density at radius 2 is 2.04 bits per heavy atom. The monoisotopic (exact) mass is 341 g/mol. The van der Waals surface area contributed by atoms with E-state index in [0.29, 0.717) is 12.1 Å². The predicted octanol–water partition coefficient (Wildman–Crippen LogP) is 0.573. The van der Waals surface area contributed by atoms with Crippen molar-refractivity contribution < 1.29 is 14.7 Å². The summed E-state index contributed by atoms with van der Waals surface area (Å²) >= 11 is 0. The van der Waals surface area contributed by atoms with E-state index in [1.165, 1.54) is 6.33 Å². The molecule has 0 aliphatic carbocycles. The summed E-state index contributed by atoms with van der Waals surface area (Å²) in [5, 5.41) is 12.8. The molecule has 1 amide bonds. The smallest absolute Gasteiger partial charge is 0.326 e. The van der Waals surface area contributed by atoms with E-state index >= 15 is 0 Å². The molecule has 0 radical (unpaired) electrons. The number of nitrogens with two attached hydrogens (primary N) is 1. The van der Waals surface area contributed by atoms with Gasteiger partial charge in [-0.3, -0.25) is 4.79 Å². The van der Waals surface area contributed by atoms with Crippen molar-refractivity contribution in [1.29, 1.82) is 0 Å². The predicted molar refractivity (Wildman–Crippen MR) is 91.8 cm³/mol. The molecule has 0 aliphatic rings. The van der Waals surface area contributed by atoms with E-state index in [-0.39, 0.29) is 6.42 Å². The zero-order chi connectivity index (χ0) is 17.8. The molecule has 1 aromatic carbocycles. The van der Waals surface area contributed by atoms with E-state index in [0.717, 1.165) is 16.5 Å². The van der Waals surface area contributed by atoms with Crippen molar-refractivity contribution in [3.05, 3.63) is 54.2 Å². The van der Waals surface area contributed by atoms with Gasteiger partial charge >= 0.3 is 5.97 Å². The van der Waals surface area contributed by atoms with Gasteiger partial charge in [0.25, 0.3) is 0 Å². The molecule has 0 fully saturated rings. The Morgan fingerprint density at radius 3 is 2.76 bits per heavy atom. The number of imidazole rings is 1. The van der Waals surface area contributed by atoms with Crippen LogP contribution in [0.4, 0.5) is 0 Å². The maximum Gasteiger partial charge on any atom is 0.326 e. The molecule has 6 N–H and O–H groups in total. The molecular formula is C17H19N5O3. The molecule has 8 nitrogen and oxygen atoms in total. The third kappa shape index (κ3) is 3.86. The van der Waals surface area contributed by atoms with Gasteiger partial charge in [0.05, 0.1) is 18.1 Å². The summed E-state index contributed by atoms with van der Waals surface area (Å²) in [4.78, 5) is 33.5. The number of carboxylic acid groups (broad SMARTS) is 1. The van der Waals surface area contributed by atoms with Crippen molar-refractivity contribution in [2.45, 2.75) is 24.9 Å². The zero-order valence-electron chi connectivity index (χ0n) is 13.4. The second kappa shape index (κ2) is 7.18. The zero-order valence-corrected chi connectivity index (χ0v) is 13.4. The van der Waals surface area contributed by atoms with Crippen molar-refractivity contribution in [2.24, 2.45) is 5.73 Å². The average Bonchev–Trinajstić information content (AvgIpc) is 3.24. The molecule has 0 aliphatic heterocycles. The van der Waals surface area contributed by atoms with Crippen LogP contribution in [0.15, 0.2) is 43.0 Å². The highest BCUT2D eigenvalue weighted by Gasteiger charge is 2.24. The highest BCUT2D eigenvalue weighted by Crippen LogP contribution is 2.18. The van der Waals surface area contributed by atoms with Crippen LogP contribution in [0.5, 0.6) is 0 Å². The number of rotatable bonds is 7. The molecule has 0 spiro atoms. The molecule has 8 heteroatoms. The number of hydrogen-bond acceptors (Lipinski definition) is 4. The Labute approximate surface area is 143 Å². The number of amides is 1. The van der Waals surface area contributed by atoms with Gasteiger partial charge in [-0.05, 0) is 18.1 Å². The number of carbonyl (C=O) groups is 2. The second-order valence-corrected chi connectivity index (χ2v) is 5.83. The minimum absolute atomic E-state index is 0.0877. The molecule has 0 unspecified atom stereocenters. The molecular weight excluding hydrogens is 322 g/mol. The van der Waals surface area contributed by atoms with Crippen LogP contribution in [0.1, 0.15) is 11.3 Å². The van der Waals surface area contributed by atoms with Crippen LogP contribution in [-0.2, 0) is 22.4 Å². The van der Waals surface area contributed by atoms with Gasteiger partial charge in [0.15, 0.2) is 0 Å². The number of hydrogen-bond donors (Lipinski definition) is 5. The van der Waals surface area contributed by atoms with Crippen molar-refractivity contribution in [1.82, 2.24) is 20.3 Å². The third-order valence-electron chi connectivity index (χ3n) is 4.03. The van der Waals surface area contributed by atoms with E-state index in [1.807, 2.05) is 30.5 Å². The van der Waals surface area contributed by atoms with Crippen LogP contribution in [0.3, 0.4) is 0 Å². The number of aromatic amines is 2. The first kappa shape index (κ1) is 16.7. The van der Waals surface area contributed by atoms with E-state index < -0.39 is 24.0 Å². The minimum Gasteiger partial charge on any atom is -0.480 e. The Hall–Kier alpha value is -3.13. The molecule has 2 heterocycles. The Balaban J connectivity index is 1.65. The van der Waals surface area contributed by atoms with Gasteiger partial charge < -0.3 is 26.1 Å². The van der Waals surface area contributed by atoms with Gasteiger partial charge in [0.1, 0.15) is 6.04 Å². The Kier molecular flexibility index (Phi) is 4.80. The van der Waals surface area contributed by atoms with Crippen molar-refractivity contribution in [3.63, 3.8) is 0 Å². The minimum atomic E-state index is -1.13. The van der Waals surface area contributed by atoms with Gasteiger partial charge in [0.2, 0.25) is 5.91 Å². The lowest BCUT2D eigenvalue weighted by molar-refractivity contribution is -0.142. The first-order valence-electron chi connectivity index (χ1n) is 7.86. The van der Waals surface area contributed by atoms with Crippen molar-refractivity contribution >= 4 is 22.8 Å². The van der Waals surface area contributed by atoms with Crippen molar-refractivity contribution in [3.8, 4) is 0 Å². The summed E-state index contributed by atoms with van der Waals surface area (Å²) in [5.41, 5.74) is 8.41. The lowest BCUT2D eigenvalue weighted by Gasteiger charge is -2.17. The highest BCUT2D eigenvalue weighted by molar-refractivity contribution is 5.88. The average molecular weight is 341 g/mol. The fourth-order valence-corrected chi connectivity index (χ4v) is 2.72. The van der Waals surface area contributed by atoms with Crippen molar-refractivity contribution in [2.75, 3.05) is 0 Å². The van der Waals surface area contributed by atoms with Crippen LogP contribution < -0.4 is 11.1 Å². The SMILES string of the molecule is N[C@@H](Cc1c[nH]c2ccccc12)C(=O)N[C@H](Cc1c[nH]cn1)C(=O)O. The fourth-order valence-electron chi connectivity index (χ4n) is 2.72. The number of benzene rings is 1. The number of carbonyl (C=O) groups excluding carboxylic acids is 1. The summed E-state index contributed by atoms with van der Waals surface area (Å²) in [7, 11) is 0. The molecule has 0 saturated heterocycles. The topological polar surface area (TPSA) is 137 Å². The lowest BCUT2D eigenvalue weighted by atomic mass is 10.0. The normalized spacial score (nSPS) is 13.5. The summed E-state index contributed by atoms with van der Waals surface area (Å²) in [6.07, 6.45) is 5.26. The number of aliphatic carboxylic acids is 1. The number of para-hydroxylation sites is 1. The first-order valence-corrected chi connectivity index (χ1v) is 7.86. The van der Waals surface area contributed by atoms with E-state index in [1.54, 1.807) is 6.20 Å². The second-order valence-electron chi connectivity index (χ2n) is 5.83. The summed E-state index contributed by atoms with van der Waals surface area (Å²) in [6.45, 7) is 0. The number of fused-ring (bicyclic) bond motifs is 1. The number of carboxylic acids is 1. The molecule has 3 aromatic rings. The van der Waals surface area contributed by atoms with Crippen LogP contribution in [0, 0.1) is 0 Å². The quantitative estimate of drug-likeness (QED) is 0.428. The van der Waals surface area contributed by atoms with Crippen LogP contribution >= 0.6 is 0 Å². The molecule has 3 rings (SSSR count). The molecule has 25 heavy (non-hydrogen) atoms. The molecule has 2 atom stereocenters. The van der Waals surface area contributed by atoms with Crippen LogP contribution in [0.2, 0.25) is 0 Å². The van der Waals surface area contributed by atoms with Gasteiger partial charge in [-0.2, -0.15) is 0 Å². The number of aromatic nitrogens is 3. The summed E-state index contributed by atoms with van der Waals surface area (Å²) in [5.74, 6) is -1.64. The molecule has 0 bridgehead atoms. The van der Waals surface area contributed by atoms with E-state index in [4.69, 9.17) is 5.73 Å². The van der Waals surface area contributed by atoms with E-state index in [9.17, 15) is 14.7 Å². The largest absolute Gasteiger partial charge is 0.480 e. The number of H-pyrrole nitrogens is 2. The summed E-state index contributed by atoms with van der Waals surface area (Å²) in [6, 6.07) is 5.79. The number of nitrogens with one attached hydrogen (secondary N) is 3. The Morgan fingerprint density at radius 1 is 1.24 bits per heavy atom. The van der Waals surface area contributed by atoms with E-state index in [2.05, 4.69) is 20.3 Å². The highest BCUT2D eigenvalue weighted by atomic mass is 16.4. The fraction of sp³-hybridized carbons (Fsp3) is 0.235. The van der Waals surface area contributed by atoms with Gasteiger partial charge in [-0.25, -0.2) is 9.78 Å². The van der Waals surface area contributed by atoms with Gasteiger partial charge in [0, 0.05) is 29.7 Å². The Bertz CT molecular complexity index is 871. The maximum atomic E-state index is 12.3. The first-order chi connectivity index (χ1) is 12.0. The molecule has 2 aromatic heterocycles. The third-order valence-corrected chi connectivity index (χ3v) is 4.03. The standard InChI is InChI=1S/C17H19N5O3/c18-13(5-10-7-20-14-4-2-1-3-12(10)14)16(23)22-15(17(24)25)6-11-8-19-9-21-11/h1-4,7-9,13,15,20H,5-6,18H2,(H,19,21)(H,22,23)(H,24,25)/t13-,15+/m0/s1. The van der Waals surface area contributed by atoms with Crippen LogP contribution in [-0.4, -0.2) is 44.0 Å².